The van der Waals surface area contributed by atoms with Gasteiger partial charge in [0.25, 0.3) is 0 Å². The Balaban J connectivity index is 0.000000141. The van der Waals surface area contributed by atoms with E-state index in [1.165, 1.54) is 184 Å². The fourth-order valence-electron chi connectivity index (χ4n) is 21.8. The minimum Gasteiger partial charge on any atom is -0.454 e. The van der Waals surface area contributed by atoms with Gasteiger partial charge in [-0.05, 0) is 283 Å². The summed E-state index contributed by atoms with van der Waals surface area (Å²) >= 11 is 1.86. The van der Waals surface area contributed by atoms with Gasteiger partial charge < -0.3 is 23.4 Å². The predicted octanol–water partition coefficient (Wildman–Crippen LogP) is 37.7. The molecule has 0 spiro atoms. The fraction of sp³-hybridized carbons (Fsp3) is 0. The number of thiophene rings is 1. The molecule has 28 aromatic rings. The second kappa shape index (κ2) is 33.1. The van der Waals surface area contributed by atoms with Crippen LogP contribution in [0.15, 0.2) is 514 Å². The Morgan fingerprint density at radius 2 is 0.449 bits per heavy atom. The normalized spacial score (nSPS) is 11.8. The molecule has 0 saturated heterocycles. The Morgan fingerprint density at radius 3 is 0.906 bits per heavy atom. The maximum atomic E-state index is 6.66. The largest absolute Gasteiger partial charge is 0.454 e. The summed E-state index contributed by atoms with van der Waals surface area (Å²) in [5, 5.41) is 25.2. The van der Waals surface area contributed by atoms with Crippen LogP contribution in [-0.2, 0) is 0 Å². The average Bonchev–Trinajstić information content (AvgIpc) is 1.66. The number of benzene rings is 24. The number of hydrogen-bond acceptors (Lipinski definition) is 4. The van der Waals surface area contributed by atoms with E-state index >= 15 is 0 Å². The highest BCUT2D eigenvalue weighted by Gasteiger charge is 2.25. The van der Waals surface area contributed by atoms with E-state index in [0.29, 0.717) is 0 Å². The van der Waals surface area contributed by atoms with E-state index in [-0.39, 0.29) is 0 Å². The number of aromatic nitrogens is 2. The molecule has 6 heteroatoms. The first-order chi connectivity index (χ1) is 68.4. The number of fused-ring (bicyclic) bond motifs is 24. The van der Waals surface area contributed by atoms with Gasteiger partial charge in [0.1, 0.15) is 5.58 Å². The number of para-hydroxylation sites is 4. The minimum absolute atomic E-state index is 0.859. The van der Waals surface area contributed by atoms with Crippen molar-refractivity contribution in [2.24, 2.45) is 0 Å². The first-order valence-electron chi connectivity index (χ1n) is 47.3. The molecule has 28 rings (SSSR count). The molecular weight excluding hydrogens is 1690 g/mol. The molecule has 24 aromatic carbocycles. The van der Waals surface area contributed by atoms with Gasteiger partial charge in [0.05, 0.1) is 38.1 Å². The molecule has 0 aliphatic heterocycles. The quantitative estimate of drug-likeness (QED) is 0.102. The van der Waals surface area contributed by atoms with Crippen LogP contribution in [0.5, 0.6) is 0 Å². The van der Waals surface area contributed by atoms with E-state index in [4.69, 9.17) is 4.42 Å². The van der Waals surface area contributed by atoms with Crippen molar-refractivity contribution in [1.29, 1.82) is 0 Å². The van der Waals surface area contributed by atoms with Gasteiger partial charge in [-0.2, -0.15) is 0 Å². The molecule has 0 radical (unpaired) electrons. The van der Waals surface area contributed by atoms with Gasteiger partial charge in [0.15, 0.2) is 5.58 Å². The molecule has 0 bridgehead atoms. The number of rotatable bonds is 14. The second-order valence-corrected chi connectivity index (χ2v) is 37.1. The maximum absolute atomic E-state index is 6.66. The topological polar surface area (TPSA) is 29.5 Å². The number of hydrogen-bond donors (Lipinski definition) is 0. The second-order valence-electron chi connectivity index (χ2n) is 36.1. The Labute approximate surface area is 801 Å². The van der Waals surface area contributed by atoms with Crippen LogP contribution in [0.3, 0.4) is 0 Å². The van der Waals surface area contributed by atoms with Crippen molar-refractivity contribution in [1.82, 2.24) is 9.13 Å². The summed E-state index contributed by atoms with van der Waals surface area (Å²) in [6, 6.07) is 186. The van der Waals surface area contributed by atoms with Crippen LogP contribution in [-0.4, -0.2) is 9.13 Å². The minimum atomic E-state index is 0.859. The molecule has 4 aromatic heterocycles. The van der Waals surface area contributed by atoms with E-state index < -0.39 is 0 Å². The number of furan rings is 1. The van der Waals surface area contributed by atoms with E-state index in [9.17, 15) is 0 Å². The van der Waals surface area contributed by atoms with Crippen LogP contribution in [0.25, 0.3) is 228 Å². The van der Waals surface area contributed by atoms with E-state index in [1.807, 2.05) is 17.4 Å². The van der Waals surface area contributed by atoms with Gasteiger partial charge in [-0.1, -0.05) is 358 Å². The molecule has 0 atom stereocenters. The third-order valence-corrected chi connectivity index (χ3v) is 29.6. The van der Waals surface area contributed by atoms with Crippen LogP contribution in [0.4, 0.5) is 34.1 Å². The molecule has 0 amide bonds. The highest BCUT2D eigenvalue weighted by Crippen LogP contribution is 2.50. The van der Waals surface area contributed by atoms with Crippen LogP contribution in [0, 0.1) is 0 Å². The monoisotopic (exact) mass is 1770 g/mol. The highest BCUT2D eigenvalue weighted by atomic mass is 32.1. The van der Waals surface area contributed by atoms with Crippen LogP contribution in [0.1, 0.15) is 0 Å². The zero-order chi connectivity index (χ0) is 90.8. The van der Waals surface area contributed by atoms with E-state index in [0.717, 1.165) is 78.4 Å². The molecule has 0 saturated carbocycles. The summed E-state index contributed by atoms with van der Waals surface area (Å²) in [7, 11) is 0. The maximum Gasteiger partial charge on any atom is 0.159 e. The third-order valence-electron chi connectivity index (χ3n) is 28.4. The summed E-state index contributed by atoms with van der Waals surface area (Å²) in [6.45, 7) is 0. The van der Waals surface area contributed by atoms with Crippen molar-refractivity contribution < 1.29 is 4.42 Å². The third kappa shape index (κ3) is 13.5. The lowest BCUT2D eigenvalue weighted by molar-refractivity contribution is 0.669. The average molecular weight is 1770 g/mol. The highest BCUT2D eigenvalue weighted by molar-refractivity contribution is 7.26. The van der Waals surface area contributed by atoms with Crippen molar-refractivity contribution in [3.05, 3.63) is 510 Å². The molecule has 0 fully saturated rings. The summed E-state index contributed by atoms with van der Waals surface area (Å²) in [5.74, 6) is 0. The lowest BCUT2D eigenvalue weighted by atomic mass is 9.92. The molecule has 0 aliphatic rings. The van der Waals surface area contributed by atoms with Crippen LogP contribution in [0.2, 0.25) is 0 Å². The zero-order valence-corrected chi connectivity index (χ0v) is 75.9. The Bertz CT molecular complexity index is 9610. The van der Waals surface area contributed by atoms with E-state index in [1.54, 1.807) is 0 Å². The molecule has 0 unspecified atom stereocenters. The van der Waals surface area contributed by atoms with Gasteiger partial charge in [-0.3, -0.25) is 0 Å². The summed E-state index contributed by atoms with van der Waals surface area (Å²) in [6.07, 6.45) is 0. The summed E-state index contributed by atoms with van der Waals surface area (Å²) < 4.78 is 14.1. The molecule has 644 valence electrons. The molecule has 5 nitrogen and oxygen atoms in total. The Morgan fingerprint density at radius 1 is 0.167 bits per heavy atom. The molecule has 4 heterocycles. The van der Waals surface area contributed by atoms with E-state index in [2.05, 4.69) is 522 Å². The Hall–Kier alpha value is -17.9. The Kier molecular flexibility index (Phi) is 19.1. The first kappa shape index (κ1) is 79.8. The smallest absolute Gasteiger partial charge is 0.159 e. The van der Waals surface area contributed by atoms with Crippen molar-refractivity contribution >= 4 is 196 Å². The van der Waals surface area contributed by atoms with Crippen molar-refractivity contribution in [3.8, 4) is 78.1 Å². The van der Waals surface area contributed by atoms with Gasteiger partial charge in [0, 0.05) is 81.9 Å². The van der Waals surface area contributed by atoms with Crippen LogP contribution < -0.4 is 9.80 Å². The lowest BCUT2D eigenvalue weighted by Crippen LogP contribution is -2.10. The molecule has 0 aliphatic carbocycles. The number of anilines is 6. The summed E-state index contributed by atoms with van der Waals surface area (Å²) in [4.78, 5) is 4.72. The molecular formula is C132H84N4OS. The van der Waals surface area contributed by atoms with Crippen molar-refractivity contribution in [2.45, 2.75) is 0 Å². The van der Waals surface area contributed by atoms with Gasteiger partial charge in [-0.15, -0.1) is 11.3 Å². The molecule has 138 heavy (non-hydrogen) atoms. The summed E-state index contributed by atoms with van der Waals surface area (Å²) in [5.41, 5.74) is 29.5. The van der Waals surface area contributed by atoms with Gasteiger partial charge >= 0.3 is 0 Å². The standard InChI is InChI=1S/C72H46N2O.C60H38N2S/c1-3-14-47(15-4-1)49-26-35-55(36-27-49)73(70-24-13-23-64-63-22-11-12-25-71(63)75-72(64)70)56-37-28-51(29-38-56)54-34-43-69-67(46-54)66-45-53(48-16-5-2-6-17-48)33-42-68(66)74(69)57-39-30-50(31-40-57)52-32-41-62-60-20-8-7-18-58(60)59-19-9-10-21-61(59)65(62)44-52;1-2-13-43(14-3-1)61(58-23-12-21-53-52-20-9-11-24-59(52)63-60(53)58)44-31-25-40(26-32-44)42-30-36-57-55(38-42)51-19-8-10-22-56(51)62(57)45-33-27-39(28-34-45)41-29-35-50-48-17-5-4-15-46(48)47-16-6-7-18-49(47)54(50)37-41/h1-46H;1-38H. The zero-order valence-electron chi connectivity index (χ0n) is 75.1. The van der Waals surface area contributed by atoms with Gasteiger partial charge in [-0.25, -0.2) is 0 Å². The van der Waals surface area contributed by atoms with Crippen molar-refractivity contribution in [3.63, 3.8) is 0 Å². The fourth-order valence-corrected chi connectivity index (χ4v) is 23.0. The lowest BCUT2D eigenvalue weighted by Gasteiger charge is -2.26. The number of nitrogens with zero attached hydrogens (tertiary/aromatic N) is 4. The predicted molar refractivity (Wildman–Crippen MR) is 589 cm³/mol. The van der Waals surface area contributed by atoms with Gasteiger partial charge in [0.2, 0.25) is 0 Å². The van der Waals surface area contributed by atoms with Crippen LogP contribution >= 0.6 is 11.3 Å². The molecule has 0 N–H and O–H groups in total. The van der Waals surface area contributed by atoms with Crippen molar-refractivity contribution in [2.75, 3.05) is 9.80 Å². The first-order valence-corrected chi connectivity index (χ1v) is 48.1. The SMILES string of the molecule is c1ccc(-c2ccc(N(c3ccc(-c4ccc5c(c4)c4cc(-c6ccccc6)ccc4n5-c4ccc(-c5ccc6c7ccccc7c7ccccc7c6c5)cc4)cc3)c3cccc4c3oc3ccccc34)cc2)cc1.c1ccc(N(c2ccc(-c3ccc4c(c3)c3ccccc3n4-c3ccc(-c4ccc5c6ccccc6c6ccccc6c5c4)cc3)cc2)c2cccc3c2sc2ccccc23)cc1.